The SMILES string of the molecule is C[Si](C)(C)c1cccc(N(c2ccccc2)c2ccc3c4c(N(c5ccccc5)c5cccc([Si](C)(C)C)c5)cc5c(c4n(-c4ccccc4)c3c2)-c2ccccc2C52c3ccccc3-c3ncccc32)c1. The summed E-state index contributed by atoms with van der Waals surface area (Å²) in [5, 5.41) is 5.24. The summed E-state index contributed by atoms with van der Waals surface area (Å²) < 4.78 is 2.58. The molecule has 6 heteroatoms. The van der Waals surface area contributed by atoms with E-state index in [1.165, 1.54) is 65.6 Å². The van der Waals surface area contributed by atoms with Gasteiger partial charge in [-0.1, -0.05) is 189 Å². The van der Waals surface area contributed by atoms with Gasteiger partial charge in [-0.3, -0.25) is 4.98 Å². The van der Waals surface area contributed by atoms with Crippen molar-refractivity contribution < 1.29 is 0 Å². The molecule has 9 aromatic carbocycles. The highest BCUT2D eigenvalue weighted by Gasteiger charge is 2.53. The molecule has 0 saturated heterocycles. The van der Waals surface area contributed by atoms with Crippen molar-refractivity contribution in [2.24, 2.45) is 0 Å². The van der Waals surface area contributed by atoms with Crippen molar-refractivity contribution in [1.29, 1.82) is 0 Å². The van der Waals surface area contributed by atoms with Crippen LogP contribution in [0.2, 0.25) is 39.3 Å². The van der Waals surface area contributed by atoms with Crippen molar-refractivity contribution >= 4 is 82.5 Å². The number of para-hydroxylation sites is 3. The molecule has 0 aliphatic heterocycles. The van der Waals surface area contributed by atoms with Gasteiger partial charge in [-0.05, 0) is 113 Å². The number of hydrogen-bond acceptors (Lipinski definition) is 3. The summed E-state index contributed by atoms with van der Waals surface area (Å²) in [4.78, 5) is 10.2. The molecule has 0 radical (unpaired) electrons. The molecule has 0 saturated carbocycles. The first-order valence-electron chi connectivity index (χ1n) is 25.3. The van der Waals surface area contributed by atoms with Crippen LogP contribution in [0, 0.1) is 0 Å². The van der Waals surface area contributed by atoms with Crippen LogP contribution in [0.15, 0.2) is 231 Å². The van der Waals surface area contributed by atoms with Gasteiger partial charge in [0.15, 0.2) is 0 Å². The Kier molecular flexibility index (Phi) is 10.1. The molecule has 0 amide bonds. The van der Waals surface area contributed by atoms with E-state index >= 15 is 0 Å². The third kappa shape index (κ3) is 6.66. The zero-order valence-corrected chi connectivity index (χ0v) is 43.7. The smallest absolute Gasteiger partial charge is 0.0776 e. The normalized spacial score (nSPS) is 14.6. The Bertz CT molecular complexity index is 3860. The maximum Gasteiger partial charge on any atom is 0.0776 e. The average molecular weight is 961 g/mol. The molecule has 0 fully saturated rings. The Balaban J connectivity index is 1.23. The van der Waals surface area contributed by atoms with E-state index in [2.05, 4.69) is 278 Å². The molecule has 2 aliphatic carbocycles. The molecule has 0 bridgehead atoms. The summed E-state index contributed by atoms with van der Waals surface area (Å²) in [5.74, 6) is 0. The summed E-state index contributed by atoms with van der Waals surface area (Å²) in [6.07, 6.45) is 1.96. The Morgan fingerprint density at radius 1 is 0.417 bits per heavy atom. The van der Waals surface area contributed by atoms with Crippen molar-refractivity contribution in [3.63, 3.8) is 0 Å². The summed E-state index contributed by atoms with van der Waals surface area (Å²) >= 11 is 0. The second kappa shape index (κ2) is 16.5. The predicted molar refractivity (Wildman–Crippen MR) is 310 cm³/mol. The number of hydrogen-bond donors (Lipinski definition) is 0. The number of fused-ring (bicyclic) bond motifs is 14. The van der Waals surface area contributed by atoms with Gasteiger partial charge in [-0.15, -0.1) is 0 Å². The Labute approximate surface area is 425 Å². The van der Waals surface area contributed by atoms with Gasteiger partial charge in [0.05, 0.1) is 44.0 Å². The lowest BCUT2D eigenvalue weighted by Gasteiger charge is -2.33. The first kappa shape index (κ1) is 43.9. The maximum absolute atomic E-state index is 5.19. The van der Waals surface area contributed by atoms with Crippen molar-refractivity contribution in [3.05, 3.63) is 253 Å². The monoisotopic (exact) mass is 960 g/mol. The molecule has 2 aromatic heterocycles. The van der Waals surface area contributed by atoms with E-state index in [-0.39, 0.29) is 0 Å². The fourth-order valence-electron chi connectivity index (χ4n) is 12.0. The minimum absolute atomic E-state index is 0.633. The number of nitrogens with zero attached hydrogens (tertiary/aromatic N) is 4. The van der Waals surface area contributed by atoms with E-state index in [0.717, 1.165) is 51.0 Å². The summed E-state index contributed by atoms with van der Waals surface area (Å²) in [6, 6.07) is 84.1. The van der Waals surface area contributed by atoms with Gasteiger partial charge >= 0.3 is 0 Å². The van der Waals surface area contributed by atoms with E-state index < -0.39 is 21.6 Å². The van der Waals surface area contributed by atoms with Gasteiger partial charge in [-0.2, -0.15) is 0 Å². The zero-order valence-electron chi connectivity index (χ0n) is 41.7. The fraction of sp³-hybridized carbons (Fsp3) is 0.106. The van der Waals surface area contributed by atoms with Crippen molar-refractivity contribution in [2.45, 2.75) is 44.7 Å². The van der Waals surface area contributed by atoms with Crippen LogP contribution in [0.5, 0.6) is 0 Å². The molecule has 4 nitrogen and oxygen atoms in total. The van der Waals surface area contributed by atoms with Crippen molar-refractivity contribution in [2.75, 3.05) is 9.80 Å². The maximum atomic E-state index is 5.19. The molecule has 11 aromatic rings. The van der Waals surface area contributed by atoms with Crippen LogP contribution in [0.25, 0.3) is 49.9 Å². The topological polar surface area (TPSA) is 24.3 Å². The Hall–Kier alpha value is -8.04. The van der Waals surface area contributed by atoms with E-state index in [0.29, 0.717) is 0 Å². The lowest BCUT2D eigenvalue weighted by atomic mass is 9.70. The average Bonchev–Trinajstić information content (AvgIpc) is 4.01. The fourth-order valence-corrected chi connectivity index (χ4v) is 14.4. The molecule has 1 spiro atoms. The number of anilines is 6. The van der Waals surface area contributed by atoms with Gasteiger partial charge in [-0.25, -0.2) is 0 Å². The van der Waals surface area contributed by atoms with E-state index in [1.54, 1.807) is 0 Å². The number of rotatable bonds is 9. The molecule has 0 N–H and O–H groups in total. The highest BCUT2D eigenvalue weighted by atomic mass is 28.3. The zero-order chi connectivity index (χ0) is 48.9. The number of aromatic nitrogens is 2. The predicted octanol–water partition coefficient (Wildman–Crippen LogP) is 16.6. The molecule has 2 aliphatic rings. The molecule has 1 unspecified atom stereocenters. The van der Waals surface area contributed by atoms with Gasteiger partial charge in [0.2, 0.25) is 0 Å². The number of pyridine rings is 1. The van der Waals surface area contributed by atoms with Crippen molar-refractivity contribution in [1.82, 2.24) is 9.55 Å². The molecular weight excluding hydrogens is 905 g/mol. The van der Waals surface area contributed by atoms with Crippen LogP contribution in [-0.2, 0) is 5.41 Å². The molecule has 2 heterocycles. The molecule has 13 rings (SSSR count). The largest absolute Gasteiger partial charge is 0.310 e. The third-order valence-corrected chi connectivity index (χ3v) is 19.4. The van der Waals surface area contributed by atoms with Crippen LogP contribution in [0.4, 0.5) is 34.1 Å². The number of benzene rings is 9. The molecule has 72 heavy (non-hydrogen) atoms. The van der Waals surface area contributed by atoms with Gasteiger partial charge in [0.1, 0.15) is 0 Å². The van der Waals surface area contributed by atoms with E-state index in [9.17, 15) is 0 Å². The molecule has 348 valence electrons. The standard InChI is InChI=1S/C66H56N4Si2/c1-71(2,3)51-31-20-29-48(41-51)68(45-23-10-7-11-24-45)50-38-39-55-60(43-50)70(47-27-14-9-15-28-47)65-62-53-33-16-18-35-56(53)66(57-36-19-17-34-54(57)64-58(66)37-22-40-67-64)59(62)44-61(63(55)65)69(46-25-12-8-13-26-46)49-30-21-32-52(42-49)72(4,5)6/h7-44H,1-6H3. The lowest BCUT2D eigenvalue weighted by molar-refractivity contribution is 0.792. The van der Waals surface area contributed by atoms with Crippen LogP contribution in [0.3, 0.4) is 0 Å². The van der Waals surface area contributed by atoms with E-state index in [4.69, 9.17) is 4.98 Å². The minimum Gasteiger partial charge on any atom is -0.310 e. The molecule has 1 atom stereocenters. The third-order valence-electron chi connectivity index (χ3n) is 15.3. The van der Waals surface area contributed by atoms with E-state index in [1.807, 2.05) is 6.20 Å². The van der Waals surface area contributed by atoms with Crippen LogP contribution >= 0.6 is 0 Å². The Morgan fingerprint density at radius 3 is 1.57 bits per heavy atom. The quantitative estimate of drug-likeness (QED) is 0.135. The van der Waals surface area contributed by atoms with Crippen LogP contribution in [-0.4, -0.2) is 25.7 Å². The summed E-state index contributed by atoms with van der Waals surface area (Å²) in [5.41, 5.74) is 19.4. The minimum atomic E-state index is -1.74. The van der Waals surface area contributed by atoms with Crippen LogP contribution in [0.1, 0.15) is 22.3 Å². The Morgan fingerprint density at radius 2 is 0.931 bits per heavy atom. The summed E-state index contributed by atoms with van der Waals surface area (Å²) in [7, 11) is -3.40. The van der Waals surface area contributed by atoms with Gasteiger partial charge in [0.25, 0.3) is 0 Å². The van der Waals surface area contributed by atoms with Gasteiger partial charge in [0, 0.05) is 62.2 Å². The second-order valence-electron chi connectivity index (χ2n) is 21.6. The molecular formula is C66H56N4Si2. The van der Waals surface area contributed by atoms with Crippen molar-refractivity contribution in [3.8, 4) is 28.1 Å². The van der Waals surface area contributed by atoms with Gasteiger partial charge < -0.3 is 14.4 Å². The highest BCUT2D eigenvalue weighted by molar-refractivity contribution is 6.89. The first-order chi connectivity index (χ1) is 35.0. The summed E-state index contributed by atoms with van der Waals surface area (Å²) in [6.45, 7) is 14.6. The lowest BCUT2D eigenvalue weighted by Crippen LogP contribution is -2.37. The second-order valence-corrected chi connectivity index (χ2v) is 31.8. The van der Waals surface area contributed by atoms with Crippen LogP contribution < -0.4 is 20.2 Å². The first-order valence-corrected chi connectivity index (χ1v) is 32.3. The highest BCUT2D eigenvalue weighted by Crippen LogP contribution is 2.65.